The summed E-state index contributed by atoms with van der Waals surface area (Å²) in [5.74, 6) is 0.875. The lowest BCUT2D eigenvalue weighted by molar-refractivity contribution is -0.174. The number of aromatic hydroxyl groups is 1. The number of hydrogen-bond acceptors (Lipinski definition) is 6. The average Bonchev–Trinajstić information content (AvgIpc) is 3.49. The van der Waals surface area contributed by atoms with Crippen molar-refractivity contribution in [3.63, 3.8) is 0 Å². The van der Waals surface area contributed by atoms with Crippen LogP contribution in [-0.2, 0) is 21.4 Å². The van der Waals surface area contributed by atoms with Crippen molar-refractivity contribution in [3.8, 4) is 11.5 Å². The summed E-state index contributed by atoms with van der Waals surface area (Å²) in [5.41, 5.74) is 1.28. The molecule has 0 aromatic heterocycles. The number of likely N-dealkylation sites (tertiary alicyclic amines) is 1. The zero-order valence-corrected chi connectivity index (χ0v) is 18.4. The Bertz CT molecular complexity index is 1050. The van der Waals surface area contributed by atoms with E-state index in [1.807, 2.05) is 6.07 Å². The van der Waals surface area contributed by atoms with Crippen LogP contribution < -0.4 is 10.1 Å². The number of amides is 1. The second-order valence-electron chi connectivity index (χ2n) is 10.4. The molecule has 5 aliphatic rings. The lowest BCUT2D eigenvalue weighted by atomic mass is 9.48. The maximum Gasteiger partial charge on any atom is 0.244 e. The van der Waals surface area contributed by atoms with E-state index in [0.717, 1.165) is 48.5 Å². The first-order valence-electron chi connectivity index (χ1n) is 11.8. The molecule has 170 valence electrons. The second kappa shape index (κ2) is 6.81. The van der Waals surface area contributed by atoms with E-state index < -0.39 is 17.1 Å². The summed E-state index contributed by atoms with van der Waals surface area (Å²) < 4.78 is 6.40. The summed E-state index contributed by atoms with van der Waals surface area (Å²) in [4.78, 5) is 26.3. The van der Waals surface area contributed by atoms with Crippen LogP contribution in [0.15, 0.2) is 23.8 Å². The van der Waals surface area contributed by atoms with Gasteiger partial charge in [0.05, 0.1) is 17.6 Å². The molecule has 0 unspecified atom stereocenters. The van der Waals surface area contributed by atoms with E-state index in [4.69, 9.17) is 4.74 Å². The highest BCUT2D eigenvalue weighted by molar-refractivity contribution is 5.92. The van der Waals surface area contributed by atoms with Gasteiger partial charge in [-0.15, -0.1) is 0 Å². The van der Waals surface area contributed by atoms with Gasteiger partial charge in [-0.05, 0) is 75.1 Å². The standard InChI is InChI=1S/C25H30N2O5/c1-14(28)12-26-20(30)11-17-6-7-25(31)19-10-16-4-5-18(29)22-21(16)24(25,23(17)32-22)8-9-27(19)13-15-2-3-15/h4-5,11,15,19,23,29,31H,2-3,6-10,12-13H2,1H3,(H,26,30)/b17-11-/t19-,23+,24+,25-/m1/s1. The molecule has 3 aliphatic carbocycles. The SMILES string of the molecule is CC(=O)CNC(=O)/C=C1/CC[C@@]2(O)[C@H]3Cc4ccc(O)c5c4[C@@]2(CCN3CC2CC2)[C@H]1O5. The fourth-order valence-corrected chi connectivity index (χ4v) is 6.92. The van der Waals surface area contributed by atoms with Gasteiger partial charge in [-0.3, -0.25) is 14.5 Å². The second-order valence-corrected chi connectivity index (χ2v) is 10.4. The minimum Gasteiger partial charge on any atom is -0.504 e. The molecule has 2 bridgehead atoms. The molecule has 3 fully saturated rings. The number of benzene rings is 1. The van der Waals surface area contributed by atoms with Crippen molar-refractivity contribution in [2.24, 2.45) is 5.92 Å². The van der Waals surface area contributed by atoms with Crippen LogP contribution in [0.4, 0.5) is 0 Å². The molecular formula is C25H30N2O5. The van der Waals surface area contributed by atoms with Gasteiger partial charge in [-0.25, -0.2) is 0 Å². The minimum absolute atomic E-state index is 0.00736. The van der Waals surface area contributed by atoms with Crippen molar-refractivity contribution in [2.45, 2.75) is 68.6 Å². The molecule has 3 N–H and O–H groups in total. The summed E-state index contributed by atoms with van der Waals surface area (Å²) in [6.45, 7) is 3.34. The fourth-order valence-electron chi connectivity index (χ4n) is 6.92. The molecule has 6 rings (SSSR count). The molecule has 4 atom stereocenters. The van der Waals surface area contributed by atoms with E-state index in [9.17, 15) is 19.8 Å². The van der Waals surface area contributed by atoms with Crippen molar-refractivity contribution in [1.82, 2.24) is 10.2 Å². The molecule has 7 nitrogen and oxygen atoms in total. The minimum atomic E-state index is -0.968. The zero-order valence-electron chi connectivity index (χ0n) is 18.4. The normalized spacial score (nSPS) is 35.9. The van der Waals surface area contributed by atoms with Gasteiger partial charge in [0.25, 0.3) is 0 Å². The average molecular weight is 439 g/mol. The summed E-state index contributed by atoms with van der Waals surface area (Å²) >= 11 is 0. The number of nitrogens with zero attached hydrogens (tertiary/aromatic N) is 1. The monoisotopic (exact) mass is 438 g/mol. The van der Waals surface area contributed by atoms with Gasteiger partial charge < -0.3 is 20.3 Å². The largest absolute Gasteiger partial charge is 0.504 e. The van der Waals surface area contributed by atoms with Crippen LogP contribution in [0.3, 0.4) is 0 Å². The van der Waals surface area contributed by atoms with Crippen LogP contribution in [0.1, 0.15) is 50.2 Å². The molecule has 1 aromatic carbocycles. The number of hydrogen-bond donors (Lipinski definition) is 3. The predicted molar refractivity (Wildman–Crippen MR) is 117 cm³/mol. The van der Waals surface area contributed by atoms with Crippen molar-refractivity contribution in [2.75, 3.05) is 19.6 Å². The number of ether oxygens (including phenoxy) is 1. The number of aliphatic hydroxyl groups is 1. The van der Waals surface area contributed by atoms with E-state index in [0.29, 0.717) is 18.6 Å². The highest BCUT2D eigenvalue weighted by Gasteiger charge is 2.72. The summed E-state index contributed by atoms with van der Waals surface area (Å²) in [5, 5.41) is 25.6. The molecule has 32 heavy (non-hydrogen) atoms. The Balaban J connectivity index is 1.44. The number of rotatable bonds is 5. The summed E-state index contributed by atoms with van der Waals surface area (Å²) in [6, 6.07) is 3.68. The van der Waals surface area contributed by atoms with Gasteiger partial charge in [0.2, 0.25) is 5.91 Å². The van der Waals surface area contributed by atoms with Crippen molar-refractivity contribution in [1.29, 1.82) is 0 Å². The number of phenols is 1. The third kappa shape index (κ3) is 2.67. The topological polar surface area (TPSA) is 99.1 Å². The van der Waals surface area contributed by atoms with Crippen molar-refractivity contribution < 1.29 is 24.5 Å². The van der Waals surface area contributed by atoms with Crippen LogP contribution >= 0.6 is 0 Å². The summed E-state index contributed by atoms with van der Waals surface area (Å²) in [6.07, 6.45) is 6.19. The Morgan fingerprint density at radius 1 is 1.31 bits per heavy atom. The smallest absolute Gasteiger partial charge is 0.244 e. The number of Topliss-reactive ketones (excluding diaryl/α,β-unsaturated/α-hetero) is 1. The van der Waals surface area contributed by atoms with Gasteiger partial charge in [0, 0.05) is 24.2 Å². The Labute approximate surface area is 187 Å². The highest BCUT2D eigenvalue weighted by atomic mass is 16.5. The maximum atomic E-state index is 12.5. The molecular weight excluding hydrogens is 408 g/mol. The molecule has 0 radical (unpaired) electrons. The summed E-state index contributed by atoms with van der Waals surface area (Å²) in [7, 11) is 0. The highest BCUT2D eigenvalue weighted by Crippen LogP contribution is 2.66. The number of nitrogens with one attached hydrogen (secondary N) is 1. The lowest BCUT2D eigenvalue weighted by Crippen LogP contribution is -2.75. The van der Waals surface area contributed by atoms with Gasteiger partial charge in [-0.2, -0.15) is 0 Å². The molecule has 1 aromatic rings. The van der Waals surface area contributed by atoms with Gasteiger partial charge in [0.15, 0.2) is 11.5 Å². The van der Waals surface area contributed by atoms with E-state index in [-0.39, 0.29) is 30.0 Å². The predicted octanol–water partition coefficient (Wildman–Crippen LogP) is 1.59. The van der Waals surface area contributed by atoms with Crippen molar-refractivity contribution >= 4 is 11.7 Å². The first kappa shape index (κ1) is 20.2. The maximum absolute atomic E-state index is 12.5. The van der Waals surface area contributed by atoms with Crippen LogP contribution in [0, 0.1) is 5.92 Å². The molecule has 1 spiro atoms. The Kier molecular flexibility index (Phi) is 4.31. The lowest BCUT2D eigenvalue weighted by Gasteiger charge is -2.63. The Morgan fingerprint density at radius 2 is 2.12 bits per heavy atom. The van der Waals surface area contributed by atoms with Crippen molar-refractivity contribution in [3.05, 3.63) is 34.9 Å². The third-order valence-corrected chi connectivity index (χ3v) is 8.47. The van der Waals surface area contributed by atoms with E-state index in [1.54, 1.807) is 12.1 Å². The van der Waals surface area contributed by atoms with Gasteiger partial charge in [-0.1, -0.05) is 6.07 Å². The van der Waals surface area contributed by atoms with Gasteiger partial charge >= 0.3 is 0 Å². The molecule has 1 saturated heterocycles. The van der Waals surface area contributed by atoms with E-state index in [1.165, 1.54) is 19.8 Å². The van der Waals surface area contributed by atoms with Crippen LogP contribution in [0.2, 0.25) is 0 Å². The first-order valence-corrected chi connectivity index (χ1v) is 11.8. The van der Waals surface area contributed by atoms with E-state index >= 15 is 0 Å². The van der Waals surface area contributed by atoms with Gasteiger partial charge in [0.1, 0.15) is 11.9 Å². The third-order valence-electron chi connectivity index (χ3n) is 8.47. The number of carbonyl (C=O) groups excluding carboxylic acids is 2. The van der Waals surface area contributed by atoms with Crippen LogP contribution in [0.25, 0.3) is 0 Å². The van der Waals surface area contributed by atoms with Crippen LogP contribution in [-0.4, -0.2) is 64.2 Å². The number of carbonyl (C=O) groups is 2. The van der Waals surface area contributed by atoms with Crippen LogP contribution in [0.5, 0.6) is 11.5 Å². The molecule has 2 saturated carbocycles. The number of phenolic OH excluding ortho intramolecular Hbond substituents is 1. The Morgan fingerprint density at radius 3 is 2.88 bits per heavy atom. The quantitative estimate of drug-likeness (QED) is 0.604. The number of ketones is 1. The fraction of sp³-hybridized carbons (Fsp3) is 0.600. The first-order chi connectivity index (χ1) is 15.3. The molecule has 7 heteroatoms. The molecule has 2 aliphatic heterocycles. The molecule has 2 heterocycles. The molecule has 1 amide bonds. The van der Waals surface area contributed by atoms with E-state index in [2.05, 4.69) is 10.2 Å². The number of piperidine rings is 1. The Hall–Kier alpha value is -2.38. The zero-order chi connectivity index (χ0) is 22.3.